The van der Waals surface area contributed by atoms with E-state index in [9.17, 15) is 18.4 Å². The highest BCUT2D eigenvalue weighted by atomic mass is 19.1. The molecule has 0 unspecified atom stereocenters. The Hall–Kier alpha value is -4.01. The summed E-state index contributed by atoms with van der Waals surface area (Å²) >= 11 is 0. The van der Waals surface area contributed by atoms with Crippen molar-refractivity contribution in [3.63, 3.8) is 0 Å². The number of imidazole rings is 1. The van der Waals surface area contributed by atoms with Gasteiger partial charge in [0, 0.05) is 31.4 Å². The van der Waals surface area contributed by atoms with Gasteiger partial charge < -0.3 is 20.2 Å². The van der Waals surface area contributed by atoms with E-state index in [0.29, 0.717) is 34.7 Å². The van der Waals surface area contributed by atoms with Gasteiger partial charge in [0.2, 0.25) is 0 Å². The van der Waals surface area contributed by atoms with Crippen molar-refractivity contribution in [1.82, 2.24) is 19.9 Å². The van der Waals surface area contributed by atoms with E-state index >= 15 is 0 Å². The zero-order valence-corrected chi connectivity index (χ0v) is 18.0. The highest BCUT2D eigenvalue weighted by molar-refractivity contribution is 6.01. The predicted molar refractivity (Wildman–Crippen MR) is 121 cm³/mol. The van der Waals surface area contributed by atoms with Gasteiger partial charge in [0.25, 0.3) is 11.5 Å². The Morgan fingerprint density at radius 1 is 1.18 bits per heavy atom. The summed E-state index contributed by atoms with van der Waals surface area (Å²) in [6.45, 7) is 2.34. The van der Waals surface area contributed by atoms with Crippen molar-refractivity contribution < 1.29 is 13.6 Å². The Labute approximate surface area is 187 Å². The van der Waals surface area contributed by atoms with E-state index in [2.05, 4.69) is 20.3 Å². The summed E-state index contributed by atoms with van der Waals surface area (Å²) in [5.41, 5.74) is 3.49. The largest absolute Gasteiger partial charge is 0.381 e. The van der Waals surface area contributed by atoms with E-state index < -0.39 is 11.6 Å². The molecule has 33 heavy (non-hydrogen) atoms. The van der Waals surface area contributed by atoms with Gasteiger partial charge in [-0.15, -0.1) is 0 Å². The van der Waals surface area contributed by atoms with Gasteiger partial charge in [-0.2, -0.15) is 0 Å². The molecular formula is C24H21F2N5O2. The van der Waals surface area contributed by atoms with Crippen LogP contribution in [-0.2, 0) is 13.0 Å². The Morgan fingerprint density at radius 3 is 2.82 bits per heavy atom. The fraction of sp³-hybridized carbons (Fsp3) is 0.208. The molecular weight excluding hydrogens is 428 g/mol. The Kier molecular flexibility index (Phi) is 4.96. The van der Waals surface area contributed by atoms with Crippen molar-refractivity contribution in [2.45, 2.75) is 25.9 Å². The molecule has 0 spiro atoms. The van der Waals surface area contributed by atoms with Gasteiger partial charge in [-0.05, 0) is 60.9 Å². The molecule has 0 saturated carbocycles. The number of halogens is 2. The first kappa shape index (κ1) is 20.9. The number of nitrogens with one attached hydrogen (secondary N) is 3. The molecule has 1 aliphatic heterocycles. The SMILES string of the molecule is C[C@@H](Cc1cc(F)ccc1F)Nc1cc[nH]c(=O)c1-c1nc2cc3c(cc2[nH]1)CN(C)C3=O. The molecule has 168 valence electrons. The molecule has 2 aromatic heterocycles. The summed E-state index contributed by atoms with van der Waals surface area (Å²) < 4.78 is 27.6. The first-order valence-electron chi connectivity index (χ1n) is 10.5. The molecule has 3 N–H and O–H groups in total. The maximum atomic E-state index is 14.1. The number of H-pyrrole nitrogens is 2. The van der Waals surface area contributed by atoms with Gasteiger partial charge >= 0.3 is 0 Å². The van der Waals surface area contributed by atoms with Crippen molar-refractivity contribution in [3.05, 3.63) is 81.3 Å². The van der Waals surface area contributed by atoms with Gasteiger partial charge in [-0.1, -0.05) is 0 Å². The van der Waals surface area contributed by atoms with E-state index in [4.69, 9.17) is 0 Å². The third kappa shape index (κ3) is 3.75. The third-order valence-corrected chi connectivity index (χ3v) is 5.82. The molecule has 0 fully saturated rings. The van der Waals surface area contributed by atoms with E-state index in [1.165, 1.54) is 12.3 Å². The lowest BCUT2D eigenvalue weighted by molar-refractivity contribution is 0.0816. The molecule has 1 amide bonds. The van der Waals surface area contributed by atoms with Gasteiger partial charge in [0.15, 0.2) is 0 Å². The lowest BCUT2D eigenvalue weighted by atomic mass is 10.1. The summed E-state index contributed by atoms with van der Waals surface area (Å²) in [6.07, 6.45) is 1.73. The van der Waals surface area contributed by atoms with E-state index in [1.807, 2.05) is 13.0 Å². The number of fused-ring (bicyclic) bond motifs is 2. The van der Waals surface area contributed by atoms with Crippen molar-refractivity contribution >= 4 is 22.6 Å². The second kappa shape index (κ2) is 7.84. The molecule has 0 radical (unpaired) electrons. The molecule has 1 atom stereocenters. The minimum atomic E-state index is -0.505. The number of anilines is 1. The van der Waals surface area contributed by atoms with Crippen LogP contribution < -0.4 is 10.9 Å². The minimum Gasteiger partial charge on any atom is -0.381 e. The summed E-state index contributed by atoms with van der Waals surface area (Å²) in [5.74, 6) is -0.700. The average molecular weight is 449 g/mol. The fourth-order valence-electron chi connectivity index (χ4n) is 4.26. The van der Waals surface area contributed by atoms with E-state index in [0.717, 1.165) is 23.2 Å². The topological polar surface area (TPSA) is 93.9 Å². The lowest BCUT2D eigenvalue weighted by Gasteiger charge is -2.17. The predicted octanol–water partition coefficient (Wildman–Crippen LogP) is 3.83. The van der Waals surface area contributed by atoms with Gasteiger partial charge in [-0.25, -0.2) is 13.8 Å². The molecule has 0 saturated heterocycles. The molecule has 1 aliphatic rings. The maximum absolute atomic E-state index is 14.1. The second-order valence-corrected chi connectivity index (χ2v) is 8.35. The molecule has 4 aromatic rings. The Bertz CT molecular complexity index is 1460. The van der Waals surface area contributed by atoms with E-state index in [1.54, 1.807) is 24.1 Å². The van der Waals surface area contributed by atoms with Crippen LogP contribution in [0.15, 0.2) is 47.4 Å². The number of carbonyl (C=O) groups is 1. The second-order valence-electron chi connectivity index (χ2n) is 8.35. The number of carbonyl (C=O) groups excluding carboxylic acids is 1. The number of amides is 1. The Morgan fingerprint density at radius 2 is 2.00 bits per heavy atom. The van der Waals surface area contributed by atoms with Crippen molar-refractivity contribution in [3.8, 4) is 11.4 Å². The van der Waals surface area contributed by atoms with Gasteiger partial charge in [0.1, 0.15) is 23.0 Å². The zero-order valence-electron chi connectivity index (χ0n) is 18.0. The summed E-state index contributed by atoms with van der Waals surface area (Å²) in [7, 11) is 1.74. The summed E-state index contributed by atoms with van der Waals surface area (Å²) in [6, 6.07) is 8.35. The van der Waals surface area contributed by atoms with Crippen LogP contribution in [0.2, 0.25) is 0 Å². The maximum Gasteiger partial charge on any atom is 0.261 e. The van der Waals surface area contributed by atoms with Crippen LogP contribution in [0.4, 0.5) is 14.5 Å². The molecule has 2 aromatic carbocycles. The number of rotatable bonds is 5. The molecule has 0 bridgehead atoms. The molecule has 5 rings (SSSR count). The van der Waals surface area contributed by atoms with Crippen LogP contribution in [0, 0.1) is 11.6 Å². The van der Waals surface area contributed by atoms with Gasteiger partial charge in [0.05, 0.1) is 16.7 Å². The van der Waals surface area contributed by atoms with Crippen molar-refractivity contribution in [2.75, 3.05) is 12.4 Å². The minimum absolute atomic E-state index is 0.0604. The number of pyridine rings is 1. The molecule has 3 heterocycles. The van der Waals surface area contributed by atoms with Crippen LogP contribution >= 0.6 is 0 Å². The third-order valence-electron chi connectivity index (χ3n) is 5.82. The fourth-order valence-corrected chi connectivity index (χ4v) is 4.26. The quantitative estimate of drug-likeness (QED) is 0.432. The molecule has 9 heteroatoms. The van der Waals surface area contributed by atoms with Crippen LogP contribution in [0.25, 0.3) is 22.4 Å². The highest BCUT2D eigenvalue weighted by Gasteiger charge is 2.26. The van der Waals surface area contributed by atoms with E-state index in [-0.39, 0.29) is 29.5 Å². The van der Waals surface area contributed by atoms with Crippen LogP contribution in [-0.4, -0.2) is 38.8 Å². The average Bonchev–Trinajstić information content (AvgIpc) is 3.29. The first-order valence-corrected chi connectivity index (χ1v) is 10.5. The number of aromatic amines is 2. The first-order chi connectivity index (χ1) is 15.8. The smallest absolute Gasteiger partial charge is 0.261 e. The summed E-state index contributed by atoms with van der Waals surface area (Å²) in [4.78, 5) is 37.1. The summed E-state index contributed by atoms with van der Waals surface area (Å²) in [5, 5.41) is 3.22. The van der Waals surface area contributed by atoms with Crippen LogP contribution in [0.1, 0.15) is 28.4 Å². The Balaban J connectivity index is 1.49. The molecule has 7 nitrogen and oxygen atoms in total. The number of hydrogen-bond acceptors (Lipinski definition) is 4. The highest BCUT2D eigenvalue weighted by Crippen LogP contribution is 2.29. The lowest BCUT2D eigenvalue weighted by Crippen LogP contribution is -2.22. The van der Waals surface area contributed by atoms with Crippen molar-refractivity contribution in [2.24, 2.45) is 0 Å². The monoisotopic (exact) mass is 449 g/mol. The number of benzene rings is 2. The van der Waals surface area contributed by atoms with Gasteiger partial charge in [-0.3, -0.25) is 9.59 Å². The van der Waals surface area contributed by atoms with Crippen LogP contribution in [0.5, 0.6) is 0 Å². The number of nitrogens with zero attached hydrogens (tertiary/aromatic N) is 2. The number of aromatic nitrogens is 3. The zero-order chi connectivity index (χ0) is 23.3. The molecule has 0 aliphatic carbocycles. The van der Waals surface area contributed by atoms with Crippen LogP contribution in [0.3, 0.4) is 0 Å². The van der Waals surface area contributed by atoms with Crippen molar-refractivity contribution in [1.29, 1.82) is 0 Å². The normalized spacial score (nSPS) is 14.1. The number of hydrogen-bond donors (Lipinski definition) is 3. The standard InChI is InChI=1S/C24H21F2N5O2/c1-12(7-13-8-15(25)3-4-17(13)26)28-18-5-6-27-23(32)21(18)22-29-19-9-14-11-31(2)24(33)16(14)10-20(19)30-22/h3-6,8-10,12H,7,11H2,1-2H3,(H,29,30)(H2,27,28,32)/t12-/m0/s1.